The third-order valence-electron chi connectivity index (χ3n) is 2.69. The molecule has 2 unspecified atom stereocenters. The maximum absolute atomic E-state index is 3.27. The molecule has 2 rings (SSSR count). The third-order valence-corrected chi connectivity index (χ3v) is 2.69. The SMILES string of the molecule is CC(NNC(C)c1ccc[nH]1)c1ccc[nH]1. The normalized spacial score (nSPS) is 14.9. The Morgan fingerprint density at radius 1 is 0.875 bits per heavy atom. The average Bonchev–Trinajstić information content (AvgIpc) is 2.95. The van der Waals surface area contributed by atoms with Crippen LogP contribution < -0.4 is 10.9 Å². The molecule has 0 aromatic carbocycles. The molecular formula is C12H18N4. The number of hydrogen-bond donors (Lipinski definition) is 4. The van der Waals surface area contributed by atoms with Gasteiger partial charge in [0.25, 0.3) is 0 Å². The van der Waals surface area contributed by atoms with Crippen molar-refractivity contribution in [2.24, 2.45) is 0 Å². The molecule has 4 heteroatoms. The number of H-pyrrole nitrogens is 2. The lowest BCUT2D eigenvalue weighted by molar-refractivity contribution is 0.403. The molecule has 0 aliphatic rings. The van der Waals surface area contributed by atoms with Crippen molar-refractivity contribution in [2.45, 2.75) is 25.9 Å². The van der Waals surface area contributed by atoms with Gasteiger partial charge in [-0.1, -0.05) is 0 Å². The van der Waals surface area contributed by atoms with Gasteiger partial charge in [0.2, 0.25) is 0 Å². The molecule has 2 heterocycles. The monoisotopic (exact) mass is 218 g/mol. The summed E-state index contributed by atoms with van der Waals surface area (Å²) in [6.45, 7) is 4.22. The van der Waals surface area contributed by atoms with Crippen molar-refractivity contribution in [2.75, 3.05) is 0 Å². The maximum Gasteiger partial charge on any atom is 0.0584 e. The smallest absolute Gasteiger partial charge is 0.0584 e. The third kappa shape index (κ3) is 2.53. The Balaban J connectivity index is 1.84. The Morgan fingerprint density at radius 2 is 1.31 bits per heavy atom. The molecule has 0 saturated heterocycles. The van der Waals surface area contributed by atoms with Gasteiger partial charge in [-0.25, -0.2) is 10.9 Å². The second-order valence-corrected chi connectivity index (χ2v) is 3.98. The zero-order chi connectivity index (χ0) is 11.4. The van der Waals surface area contributed by atoms with Crippen molar-refractivity contribution in [1.82, 2.24) is 20.8 Å². The summed E-state index contributed by atoms with van der Waals surface area (Å²) in [6, 6.07) is 8.65. The van der Waals surface area contributed by atoms with Crippen molar-refractivity contribution in [3.63, 3.8) is 0 Å². The highest BCUT2D eigenvalue weighted by atomic mass is 15.4. The average molecular weight is 218 g/mol. The summed E-state index contributed by atoms with van der Waals surface area (Å²) < 4.78 is 0. The Kier molecular flexibility index (Phi) is 3.44. The van der Waals surface area contributed by atoms with E-state index in [1.165, 1.54) is 11.4 Å². The molecule has 2 aromatic rings. The van der Waals surface area contributed by atoms with Gasteiger partial charge in [0.15, 0.2) is 0 Å². The molecule has 0 aliphatic carbocycles. The van der Waals surface area contributed by atoms with Crippen LogP contribution in [0.3, 0.4) is 0 Å². The van der Waals surface area contributed by atoms with Crippen LogP contribution in [-0.4, -0.2) is 9.97 Å². The largest absolute Gasteiger partial charge is 0.364 e. The summed E-state index contributed by atoms with van der Waals surface area (Å²) in [5.41, 5.74) is 8.89. The second kappa shape index (κ2) is 5.01. The molecule has 0 radical (unpaired) electrons. The van der Waals surface area contributed by atoms with Crippen molar-refractivity contribution in [3.8, 4) is 0 Å². The zero-order valence-electron chi connectivity index (χ0n) is 9.62. The molecule has 0 amide bonds. The van der Waals surface area contributed by atoms with Crippen molar-refractivity contribution in [3.05, 3.63) is 48.0 Å². The maximum atomic E-state index is 3.27. The summed E-state index contributed by atoms with van der Waals surface area (Å²) in [5, 5.41) is 0. The van der Waals surface area contributed by atoms with E-state index in [1.54, 1.807) is 0 Å². The fourth-order valence-corrected chi connectivity index (χ4v) is 1.63. The van der Waals surface area contributed by atoms with Gasteiger partial charge in [0, 0.05) is 23.8 Å². The first-order valence-corrected chi connectivity index (χ1v) is 5.55. The number of aromatic amines is 2. The van der Waals surface area contributed by atoms with Crippen molar-refractivity contribution >= 4 is 0 Å². The molecule has 16 heavy (non-hydrogen) atoms. The van der Waals surface area contributed by atoms with Crippen LogP contribution in [0.4, 0.5) is 0 Å². The first-order valence-electron chi connectivity index (χ1n) is 5.55. The first-order chi connectivity index (χ1) is 7.77. The molecule has 0 bridgehead atoms. The molecule has 4 nitrogen and oxygen atoms in total. The van der Waals surface area contributed by atoms with Crippen LogP contribution in [0.1, 0.15) is 37.3 Å². The minimum atomic E-state index is 0.257. The molecule has 0 fully saturated rings. The molecule has 4 N–H and O–H groups in total. The Bertz CT molecular complexity index is 350. The van der Waals surface area contributed by atoms with Gasteiger partial charge in [0.05, 0.1) is 12.1 Å². The number of rotatable bonds is 5. The minimum Gasteiger partial charge on any atom is -0.364 e. The lowest BCUT2D eigenvalue weighted by Gasteiger charge is -2.18. The van der Waals surface area contributed by atoms with Gasteiger partial charge in [-0.2, -0.15) is 0 Å². The fourth-order valence-electron chi connectivity index (χ4n) is 1.63. The van der Waals surface area contributed by atoms with E-state index in [0.717, 1.165) is 0 Å². The predicted molar refractivity (Wildman–Crippen MR) is 64.7 cm³/mol. The molecule has 0 saturated carbocycles. The molecule has 2 aromatic heterocycles. The quantitative estimate of drug-likeness (QED) is 0.582. The van der Waals surface area contributed by atoms with E-state index in [0.29, 0.717) is 0 Å². The number of aromatic nitrogens is 2. The standard InChI is InChI=1S/C12H18N4/c1-9(11-5-3-7-13-11)15-16-10(2)12-6-4-8-14-12/h3-10,13-16H,1-2H3. The Hall–Kier alpha value is -1.52. The number of hydrogen-bond acceptors (Lipinski definition) is 2. The van der Waals surface area contributed by atoms with E-state index < -0.39 is 0 Å². The van der Waals surface area contributed by atoms with Gasteiger partial charge in [-0.15, -0.1) is 0 Å². The lowest BCUT2D eigenvalue weighted by Crippen LogP contribution is -2.36. The molecular weight excluding hydrogens is 200 g/mol. The highest BCUT2D eigenvalue weighted by molar-refractivity contribution is 5.09. The fraction of sp³-hybridized carbons (Fsp3) is 0.333. The van der Waals surface area contributed by atoms with Crippen LogP contribution in [0.25, 0.3) is 0 Å². The summed E-state index contributed by atoms with van der Waals surface area (Å²) in [7, 11) is 0. The van der Waals surface area contributed by atoms with Crippen LogP contribution in [0.15, 0.2) is 36.7 Å². The van der Waals surface area contributed by atoms with Crippen molar-refractivity contribution < 1.29 is 0 Å². The van der Waals surface area contributed by atoms with Gasteiger partial charge in [-0.05, 0) is 38.1 Å². The van der Waals surface area contributed by atoms with Crippen LogP contribution in [0, 0.1) is 0 Å². The highest BCUT2D eigenvalue weighted by Crippen LogP contribution is 2.11. The minimum absolute atomic E-state index is 0.257. The van der Waals surface area contributed by atoms with E-state index in [2.05, 4.69) is 46.8 Å². The van der Waals surface area contributed by atoms with E-state index in [9.17, 15) is 0 Å². The van der Waals surface area contributed by atoms with Crippen LogP contribution >= 0.6 is 0 Å². The van der Waals surface area contributed by atoms with E-state index in [4.69, 9.17) is 0 Å². The Morgan fingerprint density at radius 3 is 1.62 bits per heavy atom. The first kappa shape index (κ1) is 11.0. The van der Waals surface area contributed by atoms with Gasteiger partial charge >= 0.3 is 0 Å². The van der Waals surface area contributed by atoms with E-state index >= 15 is 0 Å². The topological polar surface area (TPSA) is 55.6 Å². The van der Waals surface area contributed by atoms with Gasteiger partial charge < -0.3 is 9.97 Å². The molecule has 2 atom stereocenters. The number of nitrogens with one attached hydrogen (secondary N) is 4. The zero-order valence-corrected chi connectivity index (χ0v) is 9.62. The molecule has 0 aliphatic heterocycles. The van der Waals surface area contributed by atoms with Crippen LogP contribution in [-0.2, 0) is 0 Å². The summed E-state index contributed by atoms with van der Waals surface area (Å²) in [6.07, 6.45) is 3.86. The lowest BCUT2D eigenvalue weighted by atomic mass is 10.2. The van der Waals surface area contributed by atoms with Gasteiger partial charge in [-0.3, -0.25) is 0 Å². The van der Waals surface area contributed by atoms with Crippen LogP contribution in [0.2, 0.25) is 0 Å². The summed E-state index contributed by atoms with van der Waals surface area (Å²) in [4.78, 5) is 6.37. The summed E-state index contributed by atoms with van der Waals surface area (Å²) in [5.74, 6) is 0. The van der Waals surface area contributed by atoms with Gasteiger partial charge in [0.1, 0.15) is 0 Å². The predicted octanol–water partition coefficient (Wildman–Crippen LogP) is 2.26. The van der Waals surface area contributed by atoms with Crippen molar-refractivity contribution in [1.29, 1.82) is 0 Å². The highest BCUT2D eigenvalue weighted by Gasteiger charge is 2.08. The molecule has 0 spiro atoms. The van der Waals surface area contributed by atoms with Crippen LogP contribution in [0.5, 0.6) is 0 Å². The van der Waals surface area contributed by atoms with E-state index in [1.807, 2.05) is 24.5 Å². The second-order valence-electron chi connectivity index (χ2n) is 3.98. The summed E-state index contributed by atoms with van der Waals surface area (Å²) >= 11 is 0. The van der Waals surface area contributed by atoms with E-state index in [-0.39, 0.29) is 12.1 Å². The Labute approximate surface area is 95.4 Å². The number of hydrazine groups is 1. The molecule has 86 valence electrons.